The van der Waals surface area contributed by atoms with Gasteiger partial charge in [-0.3, -0.25) is 0 Å². The van der Waals surface area contributed by atoms with E-state index in [9.17, 15) is 0 Å². The Kier molecular flexibility index (Phi) is 4.82. The van der Waals surface area contributed by atoms with Gasteiger partial charge in [-0.1, -0.05) is 45.4 Å². The molecular formula is C20H33N. The summed E-state index contributed by atoms with van der Waals surface area (Å²) in [4.78, 5) is 0. The zero-order valence-electron chi connectivity index (χ0n) is 14.6. The molecule has 0 bridgehead atoms. The third-order valence-corrected chi connectivity index (χ3v) is 5.57. The summed E-state index contributed by atoms with van der Waals surface area (Å²) in [6.45, 7) is 11.5. The zero-order valence-corrected chi connectivity index (χ0v) is 14.6. The van der Waals surface area contributed by atoms with Crippen molar-refractivity contribution >= 4 is 0 Å². The van der Waals surface area contributed by atoms with Crippen molar-refractivity contribution in [3.05, 3.63) is 34.9 Å². The molecule has 0 aliphatic heterocycles. The summed E-state index contributed by atoms with van der Waals surface area (Å²) in [5, 5.41) is 0. The van der Waals surface area contributed by atoms with Gasteiger partial charge in [0.25, 0.3) is 0 Å². The zero-order chi connectivity index (χ0) is 15.7. The molecule has 1 saturated carbocycles. The van der Waals surface area contributed by atoms with Gasteiger partial charge in [-0.25, -0.2) is 0 Å². The normalized spacial score (nSPS) is 27.4. The van der Waals surface area contributed by atoms with Crippen LogP contribution in [0.1, 0.15) is 69.6 Å². The molecule has 1 aliphatic carbocycles. The molecule has 21 heavy (non-hydrogen) atoms. The first-order valence-electron chi connectivity index (χ1n) is 8.55. The molecule has 1 aromatic rings. The van der Waals surface area contributed by atoms with Gasteiger partial charge in [0.15, 0.2) is 0 Å². The molecule has 0 spiro atoms. The number of rotatable bonds is 2. The molecule has 1 aliphatic rings. The number of nitrogens with two attached hydrogens (primary N) is 1. The fourth-order valence-electron chi connectivity index (χ4n) is 3.79. The van der Waals surface area contributed by atoms with Gasteiger partial charge in [0.2, 0.25) is 0 Å². The molecule has 1 nitrogen and oxygen atoms in total. The monoisotopic (exact) mass is 287 g/mol. The molecule has 0 amide bonds. The molecule has 0 saturated heterocycles. The second kappa shape index (κ2) is 6.12. The van der Waals surface area contributed by atoms with Crippen LogP contribution in [0, 0.1) is 25.2 Å². The van der Waals surface area contributed by atoms with Gasteiger partial charge in [0, 0.05) is 5.54 Å². The smallest absolute Gasteiger partial charge is 0.0195 e. The van der Waals surface area contributed by atoms with E-state index in [2.05, 4.69) is 52.8 Å². The molecular weight excluding hydrogens is 254 g/mol. The molecule has 2 N–H and O–H groups in total. The summed E-state index contributed by atoms with van der Waals surface area (Å²) in [6, 6.07) is 6.84. The largest absolute Gasteiger partial charge is 0.325 e. The third kappa shape index (κ3) is 4.32. The molecule has 2 rings (SSSR count). The van der Waals surface area contributed by atoms with Crippen LogP contribution < -0.4 is 5.73 Å². The maximum absolute atomic E-state index is 6.78. The Morgan fingerprint density at radius 3 is 2.43 bits per heavy atom. The second-order valence-corrected chi connectivity index (χ2v) is 8.45. The van der Waals surface area contributed by atoms with E-state index in [1.165, 1.54) is 48.8 Å². The van der Waals surface area contributed by atoms with Crippen molar-refractivity contribution in [2.45, 2.75) is 78.7 Å². The highest BCUT2D eigenvalue weighted by Crippen LogP contribution is 2.39. The Morgan fingerprint density at radius 2 is 1.81 bits per heavy atom. The van der Waals surface area contributed by atoms with Crippen LogP contribution in [0.2, 0.25) is 0 Å². The van der Waals surface area contributed by atoms with E-state index in [0.29, 0.717) is 5.41 Å². The van der Waals surface area contributed by atoms with E-state index >= 15 is 0 Å². The summed E-state index contributed by atoms with van der Waals surface area (Å²) in [6.07, 6.45) is 7.28. The molecule has 2 atom stereocenters. The lowest BCUT2D eigenvalue weighted by molar-refractivity contribution is 0.210. The number of benzene rings is 1. The van der Waals surface area contributed by atoms with E-state index in [1.54, 1.807) is 0 Å². The van der Waals surface area contributed by atoms with Crippen molar-refractivity contribution in [3.8, 4) is 0 Å². The first-order chi connectivity index (χ1) is 9.70. The molecule has 1 aromatic carbocycles. The second-order valence-electron chi connectivity index (χ2n) is 8.45. The quantitative estimate of drug-likeness (QED) is 0.746. The average molecular weight is 287 g/mol. The first kappa shape index (κ1) is 16.5. The highest BCUT2D eigenvalue weighted by atomic mass is 14.7. The van der Waals surface area contributed by atoms with Crippen LogP contribution in [-0.2, 0) is 6.42 Å². The van der Waals surface area contributed by atoms with Crippen molar-refractivity contribution in [1.29, 1.82) is 0 Å². The summed E-state index contributed by atoms with van der Waals surface area (Å²) in [7, 11) is 0. The van der Waals surface area contributed by atoms with Crippen molar-refractivity contribution in [2.24, 2.45) is 17.1 Å². The average Bonchev–Trinajstić information content (AvgIpc) is 2.55. The van der Waals surface area contributed by atoms with Crippen molar-refractivity contribution in [2.75, 3.05) is 0 Å². The van der Waals surface area contributed by atoms with Crippen LogP contribution >= 0.6 is 0 Å². The molecule has 2 unspecified atom stereocenters. The van der Waals surface area contributed by atoms with Gasteiger partial charge < -0.3 is 5.73 Å². The Labute approximate surface area is 131 Å². The Hall–Kier alpha value is -0.820. The maximum atomic E-state index is 6.78. The summed E-state index contributed by atoms with van der Waals surface area (Å²) in [5.74, 6) is 0.822. The van der Waals surface area contributed by atoms with Gasteiger partial charge in [0.1, 0.15) is 0 Å². The van der Waals surface area contributed by atoms with Crippen LogP contribution in [-0.4, -0.2) is 5.54 Å². The highest BCUT2D eigenvalue weighted by molar-refractivity contribution is 5.31. The molecule has 118 valence electrons. The SMILES string of the molecule is Cc1ccc(CC2(N)CCCC(C(C)(C)C)CC2)cc1C. The third-order valence-electron chi connectivity index (χ3n) is 5.57. The summed E-state index contributed by atoms with van der Waals surface area (Å²) < 4.78 is 0. The van der Waals surface area contributed by atoms with Crippen LogP contribution in [0.4, 0.5) is 0 Å². The predicted molar refractivity (Wildman–Crippen MR) is 92.6 cm³/mol. The Bertz CT molecular complexity index is 483. The van der Waals surface area contributed by atoms with E-state index in [1.807, 2.05) is 0 Å². The van der Waals surface area contributed by atoms with Gasteiger partial charge in [-0.05, 0) is 74.0 Å². The van der Waals surface area contributed by atoms with Gasteiger partial charge in [-0.15, -0.1) is 0 Å². The number of hydrogen-bond acceptors (Lipinski definition) is 1. The lowest BCUT2D eigenvalue weighted by Gasteiger charge is -2.31. The predicted octanol–water partition coefficient (Wildman–Crippen LogP) is 5.17. The number of hydrogen-bond donors (Lipinski definition) is 1. The molecule has 0 radical (unpaired) electrons. The Morgan fingerprint density at radius 1 is 1.10 bits per heavy atom. The van der Waals surface area contributed by atoms with Gasteiger partial charge >= 0.3 is 0 Å². The molecule has 1 fully saturated rings. The van der Waals surface area contributed by atoms with E-state index in [0.717, 1.165) is 12.3 Å². The minimum atomic E-state index is 0.00168. The van der Waals surface area contributed by atoms with Gasteiger partial charge in [-0.2, -0.15) is 0 Å². The van der Waals surface area contributed by atoms with E-state index in [-0.39, 0.29) is 5.54 Å². The van der Waals surface area contributed by atoms with Gasteiger partial charge in [0.05, 0.1) is 0 Å². The fraction of sp³-hybridized carbons (Fsp3) is 0.700. The minimum Gasteiger partial charge on any atom is -0.325 e. The molecule has 1 heteroatoms. The first-order valence-corrected chi connectivity index (χ1v) is 8.55. The van der Waals surface area contributed by atoms with Crippen LogP contribution in [0.3, 0.4) is 0 Å². The lowest BCUT2D eigenvalue weighted by atomic mass is 9.76. The fourth-order valence-corrected chi connectivity index (χ4v) is 3.79. The molecule has 0 heterocycles. The summed E-state index contributed by atoms with van der Waals surface area (Å²) in [5.41, 5.74) is 11.4. The van der Waals surface area contributed by atoms with Crippen molar-refractivity contribution in [3.63, 3.8) is 0 Å². The van der Waals surface area contributed by atoms with Crippen molar-refractivity contribution in [1.82, 2.24) is 0 Å². The van der Waals surface area contributed by atoms with Crippen LogP contribution in [0.5, 0.6) is 0 Å². The van der Waals surface area contributed by atoms with E-state index < -0.39 is 0 Å². The van der Waals surface area contributed by atoms with Crippen molar-refractivity contribution < 1.29 is 0 Å². The van der Waals surface area contributed by atoms with Crippen LogP contribution in [0.15, 0.2) is 18.2 Å². The minimum absolute atomic E-state index is 0.00168. The topological polar surface area (TPSA) is 26.0 Å². The number of aryl methyl sites for hydroxylation is 2. The van der Waals surface area contributed by atoms with Crippen LogP contribution in [0.25, 0.3) is 0 Å². The highest BCUT2D eigenvalue weighted by Gasteiger charge is 2.33. The molecule has 0 aromatic heterocycles. The maximum Gasteiger partial charge on any atom is 0.0195 e. The van der Waals surface area contributed by atoms with E-state index in [4.69, 9.17) is 5.73 Å². The standard InChI is InChI=1S/C20H33N/c1-15-8-9-17(13-16(15)2)14-20(21)11-6-7-18(10-12-20)19(3,4)5/h8-9,13,18H,6-7,10-12,14,21H2,1-5H3. The lowest BCUT2D eigenvalue weighted by Crippen LogP contribution is -2.41. The summed E-state index contributed by atoms with van der Waals surface area (Å²) >= 11 is 0. The Balaban J connectivity index is 2.06.